The van der Waals surface area contributed by atoms with Gasteiger partial charge in [0.05, 0.1) is 17.6 Å². The lowest BCUT2D eigenvalue weighted by molar-refractivity contribution is 1.26. The summed E-state index contributed by atoms with van der Waals surface area (Å²) in [6.07, 6.45) is 5.41. The molecule has 0 saturated carbocycles. The van der Waals surface area contributed by atoms with E-state index in [1.165, 1.54) is 0 Å². The van der Waals surface area contributed by atoms with Gasteiger partial charge in [0.2, 0.25) is 0 Å². The molecule has 0 amide bonds. The largest absolute Gasteiger partial charge is 0.397 e. The number of benzene rings is 1. The van der Waals surface area contributed by atoms with Gasteiger partial charge in [0.1, 0.15) is 0 Å². The maximum atomic E-state index is 5.74. The topological polar surface area (TPSA) is 51.8 Å². The molecule has 0 spiro atoms. The second-order valence-corrected chi connectivity index (χ2v) is 4.34. The van der Waals surface area contributed by atoms with Crippen LogP contribution < -0.4 is 5.73 Å². The van der Waals surface area contributed by atoms with Crippen molar-refractivity contribution in [1.29, 1.82) is 0 Å². The Morgan fingerprint density at radius 2 is 1.89 bits per heavy atom. The fourth-order valence-electron chi connectivity index (χ4n) is 2.18. The van der Waals surface area contributed by atoms with Crippen molar-refractivity contribution >= 4 is 16.5 Å². The van der Waals surface area contributed by atoms with Gasteiger partial charge in [0.25, 0.3) is 0 Å². The van der Waals surface area contributed by atoms with Crippen molar-refractivity contribution in [1.82, 2.24) is 9.97 Å². The van der Waals surface area contributed by atoms with Gasteiger partial charge in [0, 0.05) is 23.3 Å². The number of anilines is 1. The summed E-state index contributed by atoms with van der Waals surface area (Å²) in [5.41, 5.74) is 9.47. The Hall–Kier alpha value is -2.42. The lowest BCUT2D eigenvalue weighted by Gasteiger charge is -2.08. The van der Waals surface area contributed by atoms with Gasteiger partial charge in [-0.25, -0.2) is 0 Å². The zero-order valence-corrected chi connectivity index (χ0v) is 10.1. The average Bonchev–Trinajstić information content (AvgIpc) is 2.38. The molecular formula is C15H13N3. The first-order valence-corrected chi connectivity index (χ1v) is 5.81. The summed E-state index contributed by atoms with van der Waals surface area (Å²) in [6.45, 7) is 2.01. The van der Waals surface area contributed by atoms with Crippen LogP contribution in [0.15, 0.2) is 48.9 Å². The minimum Gasteiger partial charge on any atom is -0.397 e. The van der Waals surface area contributed by atoms with Gasteiger partial charge in [-0.1, -0.05) is 24.3 Å². The maximum Gasteiger partial charge on any atom is 0.0754 e. The number of aryl methyl sites for hydroxylation is 1. The molecule has 0 fully saturated rings. The molecule has 3 heteroatoms. The number of rotatable bonds is 1. The molecule has 0 radical (unpaired) electrons. The van der Waals surface area contributed by atoms with Crippen LogP contribution in [-0.2, 0) is 0 Å². The first kappa shape index (κ1) is 10.7. The Balaban J connectivity index is 2.31. The van der Waals surface area contributed by atoms with E-state index in [4.69, 9.17) is 5.73 Å². The Labute approximate surface area is 105 Å². The monoisotopic (exact) mass is 235 g/mol. The molecule has 1 aromatic carbocycles. The van der Waals surface area contributed by atoms with E-state index in [1.54, 1.807) is 6.20 Å². The Kier molecular flexibility index (Phi) is 2.45. The molecule has 2 heterocycles. The molecule has 3 aromatic rings. The number of fused-ring (bicyclic) bond motifs is 1. The normalized spacial score (nSPS) is 10.7. The minimum absolute atomic E-state index is 0.685. The molecule has 2 aromatic heterocycles. The van der Waals surface area contributed by atoms with Crippen LogP contribution in [0.4, 0.5) is 5.69 Å². The van der Waals surface area contributed by atoms with Gasteiger partial charge >= 0.3 is 0 Å². The first-order chi connectivity index (χ1) is 8.75. The molecule has 3 nitrogen and oxygen atoms in total. The molecule has 88 valence electrons. The lowest BCUT2D eigenvalue weighted by Crippen LogP contribution is -1.94. The molecular weight excluding hydrogens is 222 g/mol. The van der Waals surface area contributed by atoms with Crippen molar-refractivity contribution in [3.8, 4) is 11.3 Å². The zero-order chi connectivity index (χ0) is 12.5. The number of nitrogen functional groups attached to an aromatic ring is 1. The van der Waals surface area contributed by atoms with E-state index in [-0.39, 0.29) is 0 Å². The predicted molar refractivity (Wildman–Crippen MR) is 74.1 cm³/mol. The third kappa shape index (κ3) is 1.70. The van der Waals surface area contributed by atoms with E-state index in [1.807, 2.05) is 37.5 Å². The average molecular weight is 235 g/mol. The van der Waals surface area contributed by atoms with Crippen LogP contribution in [0.2, 0.25) is 0 Å². The molecule has 0 aliphatic heterocycles. The van der Waals surface area contributed by atoms with Crippen molar-refractivity contribution in [2.45, 2.75) is 6.92 Å². The SMILES string of the molecule is Cc1cc(N)cnc1-c1cncc2ccccc12. The van der Waals surface area contributed by atoms with E-state index < -0.39 is 0 Å². The van der Waals surface area contributed by atoms with Crippen LogP contribution in [-0.4, -0.2) is 9.97 Å². The van der Waals surface area contributed by atoms with Crippen LogP contribution in [0.25, 0.3) is 22.0 Å². The minimum atomic E-state index is 0.685. The fourth-order valence-corrected chi connectivity index (χ4v) is 2.18. The van der Waals surface area contributed by atoms with E-state index >= 15 is 0 Å². The van der Waals surface area contributed by atoms with Crippen LogP contribution in [0.5, 0.6) is 0 Å². The number of aromatic nitrogens is 2. The van der Waals surface area contributed by atoms with Crippen molar-refractivity contribution in [3.05, 3.63) is 54.5 Å². The van der Waals surface area contributed by atoms with Crippen molar-refractivity contribution < 1.29 is 0 Å². The summed E-state index contributed by atoms with van der Waals surface area (Å²) in [5.74, 6) is 0. The standard InChI is InChI=1S/C15H13N3/c1-10-6-12(16)8-18-15(10)14-9-17-7-11-4-2-3-5-13(11)14/h2-9H,16H2,1H3. The lowest BCUT2D eigenvalue weighted by atomic mass is 10.0. The molecule has 18 heavy (non-hydrogen) atoms. The highest BCUT2D eigenvalue weighted by molar-refractivity contribution is 5.95. The molecule has 0 bridgehead atoms. The number of nitrogens with zero attached hydrogens (tertiary/aromatic N) is 2. The van der Waals surface area contributed by atoms with Crippen molar-refractivity contribution in [2.24, 2.45) is 0 Å². The zero-order valence-electron chi connectivity index (χ0n) is 10.1. The smallest absolute Gasteiger partial charge is 0.0754 e. The van der Waals surface area contributed by atoms with Gasteiger partial charge in [-0.05, 0) is 23.9 Å². The molecule has 3 rings (SSSR count). The van der Waals surface area contributed by atoms with E-state index in [2.05, 4.69) is 22.1 Å². The summed E-state index contributed by atoms with van der Waals surface area (Å²) < 4.78 is 0. The number of pyridine rings is 2. The number of hydrogen-bond acceptors (Lipinski definition) is 3. The number of hydrogen-bond donors (Lipinski definition) is 1. The van der Waals surface area contributed by atoms with Crippen LogP contribution in [0.1, 0.15) is 5.56 Å². The van der Waals surface area contributed by atoms with E-state index in [9.17, 15) is 0 Å². The highest BCUT2D eigenvalue weighted by atomic mass is 14.7. The highest BCUT2D eigenvalue weighted by Crippen LogP contribution is 2.28. The quantitative estimate of drug-likeness (QED) is 0.704. The van der Waals surface area contributed by atoms with Gasteiger partial charge < -0.3 is 5.73 Å². The van der Waals surface area contributed by atoms with Gasteiger partial charge in [0.15, 0.2) is 0 Å². The molecule has 0 saturated heterocycles. The van der Waals surface area contributed by atoms with E-state index in [0.717, 1.165) is 27.6 Å². The molecule has 0 aliphatic carbocycles. The van der Waals surface area contributed by atoms with Crippen LogP contribution in [0.3, 0.4) is 0 Å². The molecule has 2 N–H and O–H groups in total. The Morgan fingerprint density at radius 1 is 1.06 bits per heavy atom. The summed E-state index contributed by atoms with van der Waals surface area (Å²) in [6, 6.07) is 10.1. The summed E-state index contributed by atoms with van der Waals surface area (Å²) in [5, 5.41) is 2.28. The van der Waals surface area contributed by atoms with Gasteiger partial charge in [-0.3, -0.25) is 9.97 Å². The summed E-state index contributed by atoms with van der Waals surface area (Å²) >= 11 is 0. The van der Waals surface area contributed by atoms with Crippen molar-refractivity contribution in [3.63, 3.8) is 0 Å². The van der Waals surface area contributed by atoms with Crippen LogP contribution in [0, 0.1) is 6.92 Å². The second-order valence-electron chi connectivity index (χ2n) is 4.34. The highest BCUT2D eigenvalue weighted by Gasteiger charge is 2.08. The third-order valence-corrected chi connectivity index (χ3v) is 3.02. The first-order valence-electron chi connectivity index (χ1n) is 5.81. The second kappa shape index (κ2) is 4.11. The third-order valence-electron chi connectivity index (χ3n) is 3.02. The van der Waals surface area contributed by atoms with Crippen molar-refractivity contribution in [2.75, 3.05) is 5.73 Å². The predicted octanol–water partition coefficient (Wildman–Crippen LogP) is 3.19. The fraction of sp³-hybridized carbons (Fsp3) is 0.0667. The Bertz CT molecular complexity index is 715. The summed E-state index contributed by atoms with van der Waals surface area (Å²) in [7, 11) is 0. The van der Waals surface area contributed by atoms with Crippen LogP contribution >= 0.6 is 0 Å². The Morgan fingerprint density at radius 3 is 2.72 bits per heavy atom. The molecule has 0 unspecified atom stereocenters. The number of nitrogens with two attached hydrogens (primary N) is 1. The van der Waals surface area contributed by atoms with Gasteiger partial charge in [-0.2, -0.15) is 0 Å². The maximum absolute atomic E-state index is 5.74. The molecule has 0 atom stereocenters. The van der Waals surface area contributed by atoms with Gasteiger partial charge in [-0.15, -0.1) is 0 Å². The molecule has 0 aliphatic rings. The summed E-state index contributed by atoms with van der Waals surface area (Å²) in [4.78, 5) is 8.71. The van der Waals surface area contributed by atoms with E-state index in [0.29, 0.717) is 5.69 Å².